The molecule has 0 atom stereocenters. The normalized spacial score (nSPS) is 20.2. The van der Waals surface area contributed by atoms with E-state index in [2.05, 4.69) is 10.3 Å². The largest absolute Gasteiger partial charge is 0.370 e. The Morgan fingerprint density at radius 1 is 1.67 bits per heavy atom. The van der Waals surface area contributed by atoms with E-state index in [-0.39, 0.29) is 5.91 Å². The Balaban J connectivity index is 2.51. The topological polar surface area (TPSA) is 70.7 Å². The first-order valence-corrected chi connectivity index (χ1v) is 3.98. The van der Waals surface area contributed by atoms with Crippen molar-refractivity contribution < 1.29 is 4.79 Å². The number of nitrogens with zero attached hydrogens (tertiary/aromatic N) is 2. The quantitative estimate of drug-likeness (QED) is 0.352. The van der Waals surface area contributed by atoms with Gasteiger partial charge in [0.05, 0.1) is 0 Å². The molecule has 1 heterocycles. The van der Waals surface area contributed by atoms with Crippen LogP contribution >= 0.6 is 0 Å². The van der Waals surface area contributed by atoms with Gasteiger partial charge < -0.3 is 16.0 Å². The third-order valence-corrected chi connectivity index (χ3v) is 1.87. The Morgan fingerprint density at radius 2 is 2.42 bits per heavy atom. The summed E-state index contributed by atoms with van der Waals surface area (Å²) < 4.78 is 0. The molecular formula is C7H14N4O. The molecule has 1 fully saturated rings. The molecule has 0 saturated carbocycles. The van der Waals surface area contributed by atoms with Gasteiger partial charge in [-0.25, -0.2) is 0 Å². The monoisotopic (exact) mass is 170 g/mol. The predicted octanol–water partition coefficient (Wildman–Crippen LogP) is -1.25. The Morgan fingerprint density at radius 3 is 3.08 bits per heavy atom. The highest BCUT2D eigenvalue weighted by atomic mass is 16.1. The molecule has 1 aliphatic rings. The molecule has 0 aromatic heterocycles. The van der Waals surface area contributed by atoms with Crippen LogP contribution in [0.25, 0.3) is 0 Å². The van der Waals surface area contributed by atoms with E-state index in [4.69, 9.17) is 5.73 Å². The van der Waals surface area contributed by atoms with Gasteiger partial charge in [-0.05, 0) is 0 Å². The van der Waals surface area contributed by atoms with Crippen LogP contribution in [0.1, 0.15) is 6.42 Å². The van der Waals surface area contributed by atoms with Crippen molar-refractivity contribution in [2.75, 3.05) is 26.7 Å². The molecule has 0 bridgehead atoms. The van der Waals surface area contributed by atoms with Crippen molar-refractivity contribution in [3.8, 4) is 0 Å². The van der Waals surface area contributed by atoms with Crippen LogP contribution in [0.15, 0.2) is 4.99 Å². The van der Waals surface area contributed by atoms with E-state index in [1.54, 1.807) is 7.05 Å². The summed E-state index contributed by atoms with van der Waals surface area (Å²) >= 11 is 0. The fourth-order valence-corrected chi connectivity index (χ4v) is 1.14. The van der Waals surface area contributed by atoms with Gasteiger partial charge in [-0.1, -0.05) is 0 Å². The molecule has 68 valence electrons. The van der Waals surface area contributed by atoms with Gasteiger partial charge in [0.25, 0.3) is 0 Å². The molecule has 5 heteroatoms. The average Bonchev–Trinajstić information content (AvgIpc) is 2.29. The van der Waals surface area contributed by atoms with Gasteiger partial charge in [0.1, 0.15) is 0 Å². The minimum atomic E-state index is 0.0846. The highest BCUT2D eigenvalue weighted by Crippen LogP contribution is 1.95. The highest BCUT2D eigenvalue weighted by Gasteiger charge is 2.13. The molecule has 5 nitrogen and oxygen atoms in total. The zero-order valence-corrected chi connectivity index (χ0v) is 7.21. The van der Waals surface area contributed by atoms with Gasteiger partial charge in [0, 0.05) is 33.1 Å². The lowest BCUT2D eigenvalue weighted by molar-refractivity contribution is -0.120. The van der Waals surface area contributed by atoms with Crippen LogP contribution in [0.3, 0.4) is 0 Å². The predicted molar refractivity (Wildman–Crippen MR) is 46.7 cm³/mol. The van der Waals surface area contributed by atoms with E-state index in [0.717, 1.165) is 6.54 Å². The van der Waals surface area contributed by atoms with E-state index < -0.39 is 0 Å². The summed E-state index contributed by atoms with van der Waals surface area (Å²) in [7, 11) is 1.65. The molecule has 0 aromatic carbocycles. The number of rotatable bonds is 0. The van der Waals surface area contributed by atoms with Gasteiger partial charge in [0.2, 0.25) is 5.91 Å². The Bertz CT molecular complexity index is 202. The summed E-state index contributed by atoms with van der Waals surface area (Å²) in [5, 5.41) is 2.76. The van der Waals surface area contributed by atoms with Crippen LogP contribution in [-0.4, -0.2) is 43.4 Å². The van der Waals surface area contributed by atoms with E-state index >= 15 is 0 Å². The fraction of sp³-hybridized carbons (Fsp3) is 0.714. The molecule has 3 N–H and O–H groups in total. The maximum Gasteiger partial charge on any atom is 0.221 e. The maximum atomic E-state index is 10.9. The summed E-state index contributed by atoms with van der Waals surface area (Å²) in [4.78, 5) is 16.7. The minimum absolute atomic E-state index is 0.0846. The van der Waals surface area contributed by atoms with Crippen LogP contribution in [0.2, 0.25) is 0 Å². The SMILES string of the molecule is CN=C(N)N1CCNC(=O)CC1. The van der Waals surface area contributed by atoms with Crippen molar-refractivity contribution in [2.24, 2.45) is 10.7 Å². The van der Waals surface area contributed by atoms with Gasteiger partial charge in [0.15, 0.2) is 5.96 Å². The summed E-state index contributed by atoms with van der Waals surface area (Å²) in [6.45, 7) is 2.05. The average molecular weight is 170 g/mol. The molecular weight excluding hydrogens is 156 g/mol. The van der Waals surface area contributed by atoms with E-state index in [1.165, 1.54) is 0 Å². The molecule has 1 amide bonds. The molecule has 1 aliphatic heterocycles. The van der Waals surface area contributed by atoms with E-state index in [1.807, 2.05) is 4.90 Å². The first kappa shape index (κ1) is 8.83. The number of guanidine groups is 1. The summed E-state index contributed by atoms with van der Waals surface area (Å²) in [5.74, 6) is 0.591. The number of hydrogen-bond donors (Lipinski definition) is 2. The number of hydrogen-bond acceptors (Lipinski definition) is 2. The van der Waals surface area contributed by atoms with Crippen LogP contribution in [-0.2, 0) is 4.79 Å². The smallest absolute Gasteiger partial charge is 0.221 e. The van der Waals surface area contributed by atoms with Gasteiger partial charge >= 0.3 is 0 Å². The van der Waals surface area contributed by atoms with Crippen molar-refractivity contribution in [1.82, 2.24) is 10.2 Å². The summed E-state index contributed by atoms with van der Waals surface area (Å²) in [6.07, 6.45) is 0.496. The van der Waals surface area contributed by atoms with Crippen molar-refractivity contribution >= 4 is 11.9 Å². The lowest BCUT2D eigenvalue weighted by atomic mass is 10.4. The van der Waals surface area contributed by atoms with Crippen molar-refractivity contribution in [2.45, 2.75) is 6.42 Å². The van der Waals surface area contributed by atoms with Crippen LogP contribution in [0.5, 0.6) is 0 Å². The molecule has 0 radical (unpaired) electrons. The third kappa shape index (κ3) is 2.11. The zero-order valence-electron chi connectivity index (χ0n) is 7.21. The lowest BCUT2D eigenvalue weighted by Crippen LogP contribution is -2.39. The van der Waals surface area contributed by atoms with Gasteiger partial charge in [-0.15, -0.1) is 0 Å². The highest BCUT2D eigenvalue weighted by molar-refractivity contribution is 5.81. The van der Waals surface area contributed by atoms with Gasteiger partial charge in [-0.3, -0.25) is 9.79 Å². The molecule has 12 heavy (non-hydrogen) atoms. The standard InChI is InChI=1S/C7H14N4O/c1-9-7(8)11-4-2-6(12)10-3-5-11/h2-5H2,1H3,(H2,8,9)(H,10,12). The van der Waals surface area contributed by atoms with Crippen LogP contribution < -0.4 is 11.1 Å². The minimum Gasteiger partial charge on any atom is -0.370 e. The van der Waals surface area contributed by atoms with E-state index in [9.17, 15) is 4.79 Å². The third-order valence-electron chi connectivity index (χ3n) is 1.87. The summed E-state index contributed by atoms with van der Waals surface area (Å²) in [5.41, 5.74) is 5.60. The second-order valence-corrected chi connectivity index (χ2v) is 2.67. The van der Waals surface area contributed by atoms with Crippen molar-refractivity contribution in [3.63, 3.8) is 0 Å². The van der Waals surface area contributed by atoms with Crippen LogP contribution in [0.4, 0.5) is 0 Å². The number of nitrogens with one attached hydrogen (secondary N) is 1. The Kier molecular flexibility index (Phi) is 2.90. The second-order valence-electron chi connectivity index (χ2n) is 2.67. The number of aliphatic imine (C=N–C) groups is 1. The number of nitrogens with two attached hydrogens (primary N) is 1. The molecule has 1 rings (SSSR count). The second kappa shape index (κ2) is 3.94. The molecule has 0 aromatic rings. The number of carbonyl (C=O) groups excluding carboxylic acids is 1. The lowest BCUT2D eigenvalue weighted by Gasteiger charge is -2.19. The summed E-state index contributed by atoms with van der Waals surface area (Å²) in [6, 6.07) is 0. The van der Waals surface area contributed by atoms with E-state index in [0.29, 0.717) is 25.5 Å². The van der Waals surface area contributed by atoms with Crippen molar-refractivity contribution in [1.29, 1.82) is 0 Å². The number of carbonyl (C=O) groups is 1. The zero-order chi connectivity index (χ0) is 8.97. The molecule has 0 unspecified atom stereocenters. The van der Waals surface area contributed by atoms with Crippen molar-refractivity contribution in [3.05, 3.63) is 0 Å². The maximum absolute atomic E-state index is 10.9. The first-order valence-electron chi connectivity index (χ1n) is 3.98. The first-order chi connectivity index (χ1) is 5.74. The molecule has 0 spiro atoms. The Labute approximate surface area is 71.6 Å². The fourth-order valence-electron chi connectivity index (χ4n) is 1.14. The van der Waals surface area contributed by atoms with Crippen LogP contribution in [0, 0.1) is 0 Å². The van der Waals surface area contributed by atoms with Gasteiger partial charge in [-0.2, -0.15) is 0 Å². The molecule has 1 saturated heterocycles. The number of amides is 1. The Hall–Kier alpha value is -1.26. The molecule has 0 aliphatic carbocycles.